The van der Waals surface area contributed by atoms with Crippen LogP contribution in [0, 0.1) is 11.6 Å². The molecule has 0 aliphatic rings. The third-order valence-electron chi connectivity index (χ3n) is 3.09. The monoisotopic (exact) mass is 326 g/mol. The van der Waals surface area contributed by atoms with Crippen LogP contribution in [-0.4, -0.2) is 4.99 Å². The van der Waals surface area contributed by atoms with E-state index in [2.05, 4.69) is 17.5 Å². The van der Waals surface area contributed by atoms with Crippen LogP contribution in [0.3, 0.4) is 0 Å². The largest absolute Gasteiger partial charge is 0.389 e. The molecule has 0 heterocycles. The summed E-state index contributed by atoms with van der Waals surface area (Å²) in [6.07, 6.45) is 0. The van der Waals surface area contributed by atoms with Crippen molar-refractivity contribution < 1.29 is 8.78 Å². The zero-order chi connectivity index (χ0) is 15.6. The molecule has 0 saturated heterocycles. The molecule has 1 atom stereocenters. The second-order valence-electron chi connectivity index (χ2n) is 4.57. The topological polar surface area (TPSA) is 38.0 Å². The first kappa shape index (κ1) is 15.7. The van der Waals surface area contributed by atoms with Gasteiger partial charge in [-0.25, -0.2) is 8.78 Å². The molecule has 1 unspecified atom stereocenters. The van der Waals surface area contributed by atoms with Crippen molar-refractivity contribution in [3.8, 4) is 0 Å². The van der Waals surface area contributed by atoms with Gasteiger partial charge in [0.05, 0.1) is 5.69 Å². The molecule has 0 bridgehead atoms. The van der Waals surface area contributed by atoms with Gasteiger partial charge in [0.15, 0.2) is 11.6 Å². The summed E-state index contributed by atoms with van der Waals surface area (Å²) in [5, 5.41) is 3.53. The summed E-state index contributed by atoms with van der Waals surface area (Å²) >= 11 is 10.5. The molecule has 21 heavy (non-hydrogen) atoms. The molecule has 0 aliphatic carbocycles. The fourth-order valence-corrected chi connectivity index (χ4v) is 2.20. The Balaban J connectivity index is 2.25. The standard InChI is InChI=1S/C15H13ClF2N2S/c1-8(9-2-4-10(16)5-3-9)20-12-7-6-11(15(19)21)13(17)14(12)18/h2-8,20H,1H3,(H2,19,21). The van der Waals surface area contributed by atoms with E-state index in [0.717, 1.165) is 5.56 Å². The van der Waals surface area contributed by atoms with Crippen LogP contribution in [0.15, 0.2) is 36.4 Å². The molecule has 0 radical (unpaired) electrons. The molecule has 0 amide bonds. The van der Waals surface area contributed by atoms with Gasteiger partial charge in [0.25, 0.3) is 0 Å². The second-order valence-corrected chi connectivity index (χ2v) is 5.45. The van der Waals surface area contributed by atoms with E-state index >= 15 is 0 Å². The van der Waals surface area contributed by atoms with Gasteiger partial charge >= 0.3 is 0 Å². The second kappa shape index (κ2) is 6.37. The third-order valence-corrected chi connectivity index (χ3v) is 3.56. The van der Waals surface area contributed by atoms with E-state index in [4.69, 9.17) is 17.3 Å². The van der Waals surface area contributed by atoms with Gasteiger partial charge < -0.3 is 11.1 Å². The summed E-state index contributed by atoms with van der Waals surface area (Å²) in [6.45, 7) is 1.84. The maximum Gasteiger partial charge on any atom is 0.182 e. The van der Waals surface area contributed by atoms with Gasteiger partial charge in [-0.2, -0.15) is 0 Å². The van der Waals surface area contributed by atoms with Gasteiger partial charge in [-0.1, -0.05) is 36.0 Å². The molecule has 2 aromatic rings. The highest BCUT2D eigenvalue weighted by Crippen LogP contribution is 2.25. The lowest BCUT2D eigenvalue weighted by atomic mass is 10.1. The molecule has 0 aliphatic heterocycles. The van der Waals surface area contributed by atoms with Crippen molar-refractivity contribution in [1.82, 2.24) is 0 Å². The minimum absolute atomic E-state index is 0.0509. The van der Waals surface area contributed by atoms with Crippen LogP contribution in [0.25, 0.3) is 0 Å². The lowest BCUT2D eigenvalue weighted by Crippen LogP contribution is -2.15. The normalized spacial score (nSPS) is 12.0. The number of hydrogen-bond donors (Lipinski definition) is 2. The summed E-state index contributed by atoms with van der Waals surface area (Å²) in [4.78, 5) is -0.177. The SMILES string of the molecule is CC(Nc1ccc(C(N)=S)c(F)c1F)c1ccc(Cl)cc1. The van der Waals surface area contributed by atoms with E-state index < -0.39 is 11.6 Å². The predicted octanol–water partition coefficient (Wildman–Crippen LogP) is 4.43. The average molecular weight is 327 g/mol. The van der Waals surface area contributed by atoms with E-state index in [0.29, 0.717) is 5.02 Å². The first-order valence-corrected chi connectivity index (χ1v) is 6.98. The molecule has 2 rings (SSSR count). The Labute approximate surface area is 131 Å². The number of hydrogen-bond acceptors (Lipinski definition) is 2. The molecule has 0 spiro atoms. The fourth-order valence-electron chi connectivity index (χ4n) is 1.92. The molecule has 6 heteroatoms. The van der Waals surface area contributed by atoms with Crippen molar-refractivity contribution in [2.45, 2.75) is 13.0 Å². The van der Waals surface area contributed by atoms with Crippen LogP contribution in [0.1, 0.15) is 24.1 Å². The van der Waals surface area contributed by atoms with E-state index in [9.17, 15) is 8.78 Å². The highest BCUT2D eigenvalue weighted by atomic mass is 35.5. The summed E-state index contributed by atoms with van der Waals surface area (Å²) in [7, 11) is 0. The third kappa shape index (κ3) is 3.49. The van der Waals surface area contributed by atoms with Crippen LogP contribution in [0.4, 0.5) is 14.5 Å². The first-order chi connectivity index (χ1) is 9.90. The maximum atomic E-state index is 14.0. The Hall–Kier alpha value is -1.72. The molecule has 0 saturated carbocycles. The Morgan fingerprint density at radius 3 is 2.33 bits per heavy atom. The van der Waals surface area contributed by atoms with Crippen molar-refractivity contribution >= 4 is 34.5 Å². The molecule has 3 N–H and O–H groups in total. The number of nitrogens with one attached hydrogen (secondary N) is 1. The number of anilines is 1. The fraction of sp³-hybridized carbons (Fsp3) is 0.133. The van der Waals surface area contributed by atoms with Crippen LogP contribution >= 0.6 is 23.8 Å². The Kier molecular flexibility index (Phi) is 4.75. The number of nitrogens with two attached hydrogens (primary N) is 1. The van der Waals surface area contributed by atoms with Gasteiger partial charge in [0, 0.05) is 16.6 Å². The van der Waals surface area contributed by atoms with Gasteiger partial charge in [0.2, 0.25) is 0 Å². The number of benzene rings is 2. The quantitative estimate of drug-likeness (QED) is 0.816. The Morgan fingerprint density at radius 1 is 1.14 bits per heavy atom. The number of rotatable bonds is 4. The summed E-state index contributed by atoms with van der Waals surface area (Å²) in [6, 6.07) is 9.67. The van der Waals surface area contributed by atoms with Crippen molar-refractivity contribution in [1.29, 1.82) is 0 Å². The Morgan fingerprint density at radius 2 is 1.76 bits per heavy atom. The maximum absolute atomic E-state index is 14.0. The van der Waals surface area contributed by atoms with Crippen molar-refractivity contribution in [3.05, 3.63) is 64.2 Å². The van der Waals surface area contributed by atoms with E-state index in [1.54, 1.807) is 12.1 Å². The molecule has 0 aromatic heterocycles. The minimum Gasteiger partial charge on any atom is -0.389 e. The Bertz CT molecular complexity index is 674. The van der Waals surface area contributed by atoms with Gasteiger partial charge in [-0.05, 0) is 36.8 Å². The van der Waals surface area contributed by atoms with Crippen molar-refractivity contribution in [2.75, 3.05) is 5.32 Å². The van der Waals surface area contributed by atoms with E-state index in [1.807, 2.05) is 19.1 Å². The van der Waals surface area contributed by atoms with Crippen LogP contribution in [0.5, 0.6) is 0 Å². The van der Waals surface area contributed by atoms with E-state index in [1.165, 1.54) is 12.1 Å². The van der Waals surface area contributed by atoms with Crippen molar-refractivity contribution in [2.24, 2.45) is 5.73 Å². The van der Waals surface area contributed by atoms with Gasteiger partial charge in [0.1, 0.15) is 4.99 Å². The number of halogens is 3. The first-order valence-electron chi connectivity index (χ1n) is 6.20. The summed E-state index contributed by atoms with van der Waals surface area (Å²) in [5.74, 6) is -2.04. The smallest absolute Gasteiger partial charge is 0.182 e. The lowest BCUT2D eigenvalue weighted by Gasteiger charge is -2.17. The minimum atomic E-state index is -1.05. The van der Waals surface area contributed by atoms with Crippen LogP contribution in [-0.2, 0) is 0 Å². The average Bonchev–Trinajstić information content (AvgIpc) is 2.44. The zero-order valence-electron chi connectivity index (χ0n) is 11.2. The highest BCUT2D eigenvalue weighted by molar-refractivity contribution is 7.80. The molecular formula is C15H13ClF2N2S. The molecule has 2 nitrogen and oxygen atoms in total. The predicted molar refractivity (Wildman–Crippen MR) is 85.7 cm³/mol. The van der Waals surface area contributed by atoms with E-state index in [-0.39, 0.29) is 22.3 Å². The van der Waals surface area contributed by atoms with Gasteiger partial charge in [-0.3, -0.25) is 0 Å². The van der Waals surface area contributed by atoms with Crippen LogP contribution in [0.2, 0.25) is 5.02 Å². The highest BCUT2D eigenvalue weighted by Gasteiger charge is 2.16. The number of thiocarbonyl (C=S) groups is 1. The summed E-state index contributed by atoms with van der Waals surface area (Å²) in [5.41, 5.74) is 6.18. The van der Waals surface area contributed by atoms with Crippen molar-refractivity contribution in [3.63, 3.8) is 0 Å². The molecule has 110 valence electrons. The zero-order valence-corrected chi connectivity index (χ0v) is 12.7. The summed E-state index contributed by atoms with van der Waals surface area (Å²) < 4.78 is 27.8. The van der Waals surface area contributed by atoms with Crippen LogP contribution < -0.4 is 11.1 Å². The van der Waals surface area contributed by atoms with Gasteiger partial charge in [-0.15, -0.1) is 0 Å². The molecule has 0 fully saturated rings. The molecular weight excluding hydrogens is 314 g/mol. The molecule has 2 aromatic carbocycles. The lowest BCUT2D eigenvalue weighted by molar-refractivity contribution is 0.508.